The molecule has 0 bridgehead atoms. The van der Waals surface area contributed by atoms with E-state index in [4.69, 9.17) is 9.47 Å². The van der Waals surface area contributed by atoms with Crippen LogP contribution in [0.25, 0.3) is 0 Å². The lowest BCUT2D eigenvalue weighted by molar-refractivity contribution is -0.121. The summed E-state index contributed by atoms with van der Waals surface area (Å²) in [5, 5.41) is 15.7. The second kappa shape index (κ2) is 11.0. The highest BCUT2D eigenvalue weighted by Crippen LogP contribution is 2.11. The lowest BCUT2D eigenvalue weighted by Gasteiger charge is -2.14. The van der Waals surface area contributed by atoms with Gasteiger partial charge in [-0.15, -0.1) is 0 Å². The number of hydrogen-bond donors (Lipinski definition) is 3. The fourth-order valence-corrected chi connectivity index (χ4v) is 2.05. The Morgan fingerprint density at radius 1 is 1.43 bits per heavy atom. The van der Waals surface area contributed by atoms with Gasteiger partial charge in [-0.3, -0.25) is 4.79 Å². The van der Waals surface area contributed by atoms with E-state index >= 15 is 0 Å². The number of aliphatic hydroxyl groups excluding tert-OH is 1. The molecule has 0 aliphatic carbocycles. The SMILES string of the molecule is CC(C)CNC(=O)CCNCC(O)COCC1CCCO1. The van der Waals surface area contributed by atoms with Crippen molar-refractivity contribution in [2.24, 2.45) is 5.92 Å². The lowest BCUT2D eigenvalue weighted by Crippen LogP contribution is -2.35. The predicted molar refractivity (Wildman–Crippen MR) is 81.1 cm³/mol. The molecule has 0 spiro atoms. The van der Waals surface area contributed by atoms with Crippen LogP contribution in [0, 0.1) is 5.92 Å². The molecule has 1 rings (SSSR count). The van der Waals surface area contributed by atoms with Crippen molar-refractivity contribution in [2.75, 3.05) is 39.5 Å². The number of ether oxygens (including phenoxy) is 2. The molecule has 2 unspecified atom stereocenters. The Morgan fingerprint density at radius 3 is 2.90 bits per heavy atom. The first-order chi connectivity index (χ1) is 10.1. The van der Waals surface area contributed by atoms with Crippen LogP contribution in [0.4, 0.5) is 0 Å². The summed E-state index contributed by atoms with van der Waals surface area (Å²) >= 11 is 0. The van der Waals surface area contributed by atoms with Crippen molar-refractivity contribution in [2.45, 2.75) is 45.3 Å². The van der Waals surface area contributed by atoms with E-state index in [1.165, 1.54) is 0 Å². The van der Waals surface area contributed by atoms with E-state index < -0.39 is 6.10 Å². The zero-order valence-electron chi connectivity index (χ0n) is 13.3. The molecule has 1 saturated heterocycles. The van der Waals surface area contributed by atoms with Gasteiger partial charge in [-0.1, -0.05) is 13.8 Å². The van der Waals surface area contributed by atoms with Gasteiger partial charge in [0, 0.05) is 32.7 Å². The summed E-state index contributed by atoms with van der Waals surface area (Å²) in [5.41, 5.74) is 0. The average Bonchev–Trinajstić information content (AvgIpc) is 2.94. The number of aliphatic hydroxyl groups is 1. The van der Waals surface area contributed by atoms with Crippen molar-refractivity contribution >= 4 is 5.91 Å². The molecular formula is C15H30N2O4. The lowest BCUT2D eigenvalue weighted by atomic mass is 10.2. The van der Waals surface area contributed by atoms with Gasteiger partial charge in [0.2, 0.25) is 5.91 Å². The molecule has 0 aromatic carbocycles. The second-order valence-electron chi connectivity index (χ2n) is 5.98. The van der Waals surface area contributed by atoms with E-state index in [1.54, 1.807) is 0 Å². The summed E-state index contributed by atoms with van der Waals surface area (Å²) in [5.74, 6) is 0.505. The maximum absolute atomic E-state index is 11.5. The van der Waals surface area contributed by atoms with Crippen LogP contribution in [-0.4, -0.2) is 62.7 Å². The standard InChI is InChI=1S/C15H30N2O4/c1-12(2)8-17-15(19)5-6-16-9-13(18)10-20-11-14-4-3-7-21-14/h12-14,16,18H,3-11H2,1-2H3,(H,17,19). The minimum Gasteiger partial charge on any atom is -0.389 e. The fourth-order valence-electron chi connectivity index (χ4n) is 2.05. The third kappa shape index (κ3) is 9.79. The average molecular weight is 302 g/mol. The summed E-state index contributed by atoms with van der Waals surface area (Å²) in [6.45, 7) is 7.49. The van der Waals surface area contributed by atoms with Crippen LogP contribution in [0.5, 0.6) is 0 Å². The van der Waals surface area contributed by atoms with Gasteiger partial charge in [-0.05, 0) is 18.8 Å². The van der Waals surface area contributed by atoms with Gasteiger partial charge < -0.3 is 25.2 Å². The Morgan fingerprint density at radius 2 is 2.24 bits per heavy atom. The van der Waals surface area contributed by atoms with Crippen LogP contribution in [0.2, 0.25) is 0 Å². The van der Waals surface area contributed by atoms with E-state index in [9.17, 15) is 9.90 Å². The van der Waals surface area contributed by atoms with Crippen molar-refractivity contribution in [3.05, 3.63) is 0 Å². The van der Waals surface area contributed by atoms with Crippen molar-refractivity contribution in [1.82, 2.24) is 10.6 Å². The van der Waals surface area contributed by atoms with Gasteiger partial charge >= 0.3 is 0 Å². The Balaban J connectivity index is 1.90. The van der Waals surface area contributed by atoms with Gasteiger partial charge in [0.1, 0.15) is 0 Å². The Kier molecular flexibility index (Phi) is 9.58. The highest BCUT2D eigenvalue weighted by atomic mass is 16.5. The first kappa shape index (κ1) is 18.4. The molecule has 0 radical (unpaired) electrons. The highest BCUT2D eigenvalue weighted by molar-refractivity contribution is 5.76. The van der Waals surface area contributed by atoms with Gasteiger partial charge in [0.05, 0.1) is 25.4 Å². The van der Waals surface area contributed by atoms with E-state index in [0.29, 0.717) is 45.2 Å². The molecule has 1 aliphatic heterocycles. The molecule has 0 saturated carbocycles. The smallest absolute Gasteiger partial charge is 0.221 e. The highest BCUT2D eigenvalue weighted by Gasteiger charge is 2.16. The third-order valence-electron chi connectivity index (χ3n) is 3.25. The maximum atomic E-state index is 11.5. The monoisotopic (exact) mass is 302 g/mol. The Bertz CT molecular complexity index is 281. The van der Waals surface area contributed by atoms with Crippen LogP contribution < -0.4 is 10.6 Å². The molecule has 0 aromatic rings. The molecular weight excluding hydrogens is 272 g/mol. The summed E-state index contributed by atoms with van der Waals surface area (Å²) < 4.78 is 10.9. The molecule has 1 heterocycles. The molecule has 0 aromatic heterocycles. The molecule has 6 nitrogen and oxygen atoms in total. The quantitative estimate of drug-likeness (QED) is 0.478. The Labute approximate surface area is 127 Å². The van der Waals surface area contributed by atoms with Crippen molar-refractivity contribution < 1.29 is 19.4 Å². The van der Waals surface area contributed by atoms with Crippen molar-refractivity contribution in [3.63, 3.8) is 0 Å². The van der Waals surface area contributed by atoms with Crippen molar-refractivity contribution in [3.8, 4) is 0 Å². The largest absolute Gasteiger partial charge is 0.389 e. The summed E-state index contributed by atoms with van der Waals surface area (Å²) in [6.07, 6.45) is 2.20. The van der Waals surface area contributed by atoms with Crippen LogP contribution in [0.3, 0.4) is 0 Å². The number of nitrogens with one attached hydrogen (secondary N) is 2. The molecule has 6 heteroatoms. The summed E-state index contributed by atoms with van der Waals surface area (Å²) in [6, 6.07) is 0. The van der Waals surface area contributed by atoms with Crippen molar-refractivity contribution in [1.29, 1.82) is 0 Å². The van der Waals surface area contributed by atoms with Crippen LogP contribution in [-0.2, 0) is 14.3 Å². The van der Waals surface area contributed by atoms with Gasteiger partial charge in [0.15, 0.2) is 0 Å². The summed E-state index contributed by atoms with van der Waals surface area (Å²) in [7, 11) is 0. The number of carbonyl (C=O) groups is 1. The molecule has 21 heavy (non-hydrogen) atoms. The molecule has 124 valence electrons. The third-order valence-corrected chi connectivity index (χ3v) is 3.25. The molecule has 3 N–H and O–H groups in total. The van der Waals surface area contributed by atoms with Crippen LogP contribution >= 0.6 is 0 Å². The van der Waals surface area contributed by atoms with Crippen LogP contribution in [0.15, 0.2) is 0 Å². The number of carbonyl (C=O) groups excluding carboxylic acids is 1. The second-order valence-corrected chi connectivity index (χ2v) is 5.98. The number of amides is 1. The normalized spacial score (nSPS) is 19.9. The van der Waals surface area contributed by atoms with Gasteiger partial charge in [-0.2, -0.15) is 0 Å². The molecule has 1 amide bonds. The van der Waals surface area contributed by atoms with Gasteiger partial charge in [0.25, 0.3) is 0 Å². The topological polar surface area (TPSA) is 79.8 Å². The fraction of sp³-hybridized carbons (Fsp3) is 0.933. The Hall–Kier alpha value is -0.690. The zero-order valence-corrected chi connectivity index (χ0v) is 13.3. The first-order valence-electron chi connectivity index (χ1n) is 7.92. The molecule has 1 aliphatic rings. The molecule has 2 atom stereocenters. The minimum absolute atomic E-state index is 0.0420. The number of rotatable bonds is 11. The predicted octanol–water partition coefficient (Wildman–Crippen LogP) is 0.295. The summed E-state index contributed by atoms with van der Waals surface area (Å²) in [4.78, 5) is 11.5. The first-order valence-corrected chi connectivity index (χ1v) is 7.92. The van der Waals surface area contributed by atoms with E-state index in [1.807, 2.05) is 0 Å². The minimum atomic E-state index is -0.551. The maximum Gasteiger partial charge on any atom is 0.221 e. The van der Waals surface area contributed by atoms with E-state index in [2.05, 4.69) is 24.5 Å². The zero-order chi connectivity index (χ0) is 15.5. The van der Waals surface area contributed by atoms with Gasteiger partial charge in [-0.25, -0.2) is 0 Å². The number of hydrogen-bond acceptors (Lipinski definition) is 5. The van der Waals surface area contributed by atoms with E-state index in [0.717, 1.165) is 19.4 Å². The van der Waals surface area contributed by atoms with Crippen LogP contribution in [0.1, 0.15) is 33.1 Å². The van der Waals surface area contributed by atoms with E-state index in [-0.39, 0.29) is 12.0 Å². The molecule has 1 fully saturated rings.